The predicted molar refractivity (Wildman–Crippen MR) is 142 cm³/mol. The van der Waals surface area contributed by atoms with Crippen LogP contribution in [0.3, 0.4) is 0 Å². The third-order valence-electron chi connectivity index (χ3n) is 4.57. The zero-order valence-electron chi connectivity index (χ0n) is 21.1. The zero-order chi connectivity index (χ0) is 25.2. The van der Waals surface area contributed by atoms with Gasteiger partial charge in [-0.3, -0.25) is 0 Å². The van der Waals surface area contributed by atoms with Crippen LogP contribution in [-0.2, 0) is 0 Å². The van der Waals surface area contributed by atoms with Crippen LogP contribution in [0.5, 0.6) is 11.5 Å². The van der Waals surface area contributed by atoms with Gasteiger partial charge < -0.3 is 9.47 Å². The summed E-state index contributed by atoms with van der Waals surface area (Å²) in [5, 5.41) is 14.2. The lowest BCUT2D eigenvalue weighted by Crippen LogP contribution is -2.21. The van der Waals surface area contributed by atoms with Gasteiger partial charge in [0.25, 0.3) is 0 Å². The van der Waals surface area contributed by atoms with Gasteiger partial charge in [-0.05, 0) is 56.7 Å². The van der Waals surface area contributed by atoms with Crippen LogP contribution in [0.15, 0.2) is 102 Å². The number of nitriles is 1. The van der Waals surface area contributed by atoms with Crippen molar-refractivity contribution in [3.8, 4) is 17.6 Å². The highest BCUT2D eigenvalue weighted by Gasteiger charge is 2.16. The number of benzene rings is 1. The highest BCUT2D eigenvalue weighted by molar-refractivity contribution is 5.85. The fourth-order valence-electron chi connectivity index (χ4n) is 2.96. The molecule has 1 aromatic rings. The highest BCUT2D eigenvalue weighted by Crippen LogP contribution is 2.24. The van der Waals surface area contributed by atoms with E-state index < -0.39 is 0 Å². The van der Waals surface area contributed by atoms with Crippen molar-refractivity contribution in [1.29, 1.82) is 5.26 Å². The van der Waals surface area contributed by atoms with Crippen molar-refractivity contribution in [2.24, 2.45) is 5.10 Å². The molecule has 5 heteroatoms. The van der Waals surface area contributed by atoms with Crippen molar-refractivity contribution in [1.82, 2.24) is 5.01 Å². The monoisotopic (exact) mass is 459 g/mol. The van der Waals surface area contributed by atoms with Crippen molar-refractivity contribution in [3.63, 3.8) is 0 Å². The molecule has 2 aliphatic rings. The Kier molecular flexibility index (Phi) is 14.0. The molecule has 180 valence electrons. The van der Waals surface area contributed by atoms with Crippen molar-refractivity contribution >= 4 is 5.71 Å². The van der Waals surface area contributed by atoms with E-state index in [9.17, 15) is 0 Å². The van der Waals surface area contributed by atoms with E-state index in [4.69, 9.17) is 14.7 Å². The number of nitrogens with zero attached hydrogens (tertiary/aromatic N) is 3. The largest absolute Gasteiger partial charge is 0.489 e. The van der Waals surface area contributed by atoms with Crippen molar-refractivity contribution in [2.75, 3.05) is 6.61 Å². The summed E-state index contributed by atoms with van der Waals surface area (Å²) in [6.45, 7) is 14.0. The molecule has 5 nitrogen and oxygen atoms in total. The molecule has 1 aromatic carbocycles. The maximum atomic E-state index is 7.74. The van der Waals surface area contributed by atoms with Crippen LogP contribution in [0.1, 0.15) is 53.9 Å². The normalized spacial score (nSPS) is 14.5. The summed E-state index contributed by atoms with van der Waals surface area (Å²) in [5.41, 5.74) is 3.45. The third kappa shape index (κ3) is 10.2. The second-order valence-electron chi connectivity index (χ2n) is 7.19. The molecule has 0 amide bonds. The van der Waals surface area contributed by atoms with Gasteiger partial charge in [0.05, 0.1) is 12.5 Å². The molecular formula is C29H37N3O2. The summed E-state index contributed by atoms with van der Waals surface area (Å²) in [7, 11) is 0. The molecule has 0 saturated carbocycles. The Labute approximate surface area is 205 Å². The van der Waals surface area contributed by atoms with Gasteiger partial charge in [-0.15, -0.1) is 6.58 Å². The quantitative estimate of drug-likeness (QED) is 0.390. The summed E-state index contributed by atoms with van der Waals surface area (Å²) in [4.78, 5) is 0. The smallest absolute Gasteiger partial charge is 0.127 e. The molecule has 0 atom stereocenters. The predicted octanol–water partition coefficient (Wildman–Crippen LogP) is 7.85. The number of rotatable bonds is 7. The summed E-state index contributed by atoms with van der Waals surface area (Å²) >= 11 is 0. The molecule has 0 fully saturated rings. The summed E-state index contributed by atoms with van der Waals surface area (Å²) < 4.78 is 11.9. The second-order valence-corrected chi connectivity index (χ2v) is 7.19. The first-order chi connectivity index (χ1) is 16.6. The van der Waals surface area contributed by atoms with E-state index in [2.05, 4.69) is 24.7 Å². The number of ether oxygens (including phenoxy) is 2. The standard InChI is InChI=1S/C23H26N2O2.C4H5N.C2H6/c1-4-15-25-19(3)20(16-18(2)24-25)17-26-21-11-13-23(14-12-21)27-22-9-7-5-6-8-10-22;1-2-3-4-5;1-2/h4-9,11-15H,10,16-17H2,1-3H3;2H,1,3H2;1-2H3/b15-4+;;. The van der Waals surface area contributed by atoms with E-state index in [1.54, 1.807) is 6.08 Å². The van der Waals surface area contributed by atoms with Crippen LogP contribution in [0.25, 0.3) is 0 Å². The number of hydrogen-bond acceptors (Lipinski definition) is 5. The molecule has 1 heterocycles. The Balaban J connectivity index is 0.000000733. The van der Waals surface area contributed by atoms with Crippen LogP contribution < -0.4 is 9.47 Å². The van der Waals surface area contributed by atoms with E-state index in [0.29, 0.717) is 13.0 Å². The molecule has 0 unspecified atom stereocenters. The van der Waals surface area contributed by atoms with Crippen molar-refractivity contribution < 1.29 is 9.47 Å². The highest BCUT2D eigenvalue weighted by atomic mass is 16.5. The van der Waals surface area contributed by atoms with Gasteiger partial charge in [0, 0.05) is 30.5 Å². The Hall–Kier alpha value is -3.78. The first-order valence-corrected chi connectivity index (χ1v) is 11.6. The summed E-state index contributed by atoms with van der Waals surface area (Å²) in [6, 6.07) is 9.67. The van der Waals surface area contributed by atoms with Gasteiger partial charge in [-0.25, -0.2) is 5.01 Å². The molecule has 34 heavy (non-hydrogen) atoms. The molecule has 0 N–H and O–H groups in total. The van der Waals surface area contributed by atoms with E-state index in [-0.39, 0.29) is 0 Å². The minimum Gasteiger partial charge on any atom is -0.489 e. The first kappa shape index (κ1) is 28.3. The van der Waals surface area contributed by atoms with Crippen molar-refractivity contribution in [3.05, 3.63) is 96.6 Å². The van der Waals surface area contributed by atoms with Gasteiger partial charge in [0.2, 0.25) is 0 Å². The van der Waals surface area contributed by atoms with Crippen LogP contribution in [0, 0.1) is 11.3 Å². The molecule has 0 spiro atoms. The minimum absolute atomic E-state index is 0.458. The third-order valence-corrected chi connectivity index (χ3v) is 4.57. The van der Waals surface area contributed by atoms with Gasteiger partial charge in [0.15, 0.2) is 0 Å². The maximum Gasteiger partial charge on any atom is 0.127 e. The Morgan fingerprint density at radius 3 is 2.44 bits per heavy atom. The Morgan fingerprint density at radius 1 is 1.12 bits per heavy atom. The minimum atomic E-state index is 0.458. The van der Waals surface area contributed by atoms with E-state index in [0.717, 1.165) is 41.5 Å². The van der Waals surface area contributed by atoms with E-state index >= 15 is 0 Å². The fraction of sp³-hybridized carbons (Fsp3) is 0.310. The fourth-order valence-corrected chi connectivity index (χ4v) is 2.96. The molecule has 1 aliphatic carbocycles. The molecule has 0 saturated heterocycles. The first-order valence-electron chi connectivity index (χ1n) is 11.6. The van der Waals surface area contributed by atoms with Crippen LogP contribution in [0.4, 0.5) is 0 Å². The molecule has 1 aliphatic heterocycles. The Bertz CT molecular complexity index is 987. The number of allylic oxidation sites excluding steroid dienone is 8. The van der Waals surface area contributed by atoms with Crippen molar-refractivity contribution in [2.45, 2.75) is 53.9 Å². The molecule has 0 aromatic heterocycles. The molecular weight excluding hydrogens is 422 g/mol. The summed E-state index contributed by atoms with van der Waals surface area (Å²) in [5.74, 6) is 2.57. The molecule has 0 radical (unpaired) electrons. The maximum absolute atomic E-state index is 7.74. The molecule has 3 rings (SSSR count). The van der Waals surface area contributed by atoms with Gasteiger partial charge in [-0.2, -0.15) is 10.4 Å². The van der Waals surface area contributed by atoms with E-state index in [1.165, 1.54) is 5.57 Å². The average Bonchev–Trinajstić information content (AvgIpc) is 3.12. The van der Waals surface area contributed by atoms with Crippen LogP contribution in [-0.4, -0.2) is 17.3 Å². The Morgan fingerprint density at radius 2 is 1.82 bits per heavy atom. The topological polar surface area (TPSA) is 57.9 Å². The lowest BCUT2D eigenvalue weighted by molar-refractivity contribution is 0.338. The van der Waals surface area contributed by atoms with Crippen LogP contribution in [0.2, 0.25) is 0 Å². The zero-order valence-corrected chi connectivity index (χ0v) is 21.1. The van der Waals surface area contributed by atoms with Gasteiger partial charge in [-0.1, -0.05) is 50.3 Å². The summed E-state index contributed by atoms with van der Waals surface area (Å²) in [6.07, 6.45) is 17.7. The SMILES string of the molecule is C/C=C/N1N=C(C)CC(COc2ccc(OC3=CC=CC=CC3)cc2)=C1C.C=CCC#N.CC. The average molecular weight is 460 g/mol. The number of hydrazone groups is 1. The van der Waals surface area contributed by atoms with E-state index in [1.807, 2.05) is 99.6 Å². The number of hydrogen-bond donors (Lipinski definition) is 0. The lowest BCUT2D eigenvalue weighted by Gasteiger charge is -2.25. The second kappa shape index (κ2) is 16.8. The van der Waals surface area contributed by atoms with Gasteiger partial charge in [0.1, 0.15) is 23.9 Å². The van der Waals surface area contributed by atoms with Gasteiger partial charge >= 0.3 is 0 Å². The van der Waals surface area contributed by atoms with Crippen LogP contribution >= 0.6 is 0 Å². The lowest BCUT2D eigenvalue weighted by atomic mass is 10.1. The molecule has 0 bridgehead atoms.